The lowest BCUT2D eigenvalue weighted by Crippen LogP contribution is -1.90. The third-order valence-electron chi connectivity index (χ3n) is 1.80. The fourth-order valence-electron chi connectivity index (χ4n) is 1.34. The van der Waals surface area contributed by atoms with Gasteiger partial charge in [0.15, 0.2) is 6.39 Å². The molecule has 2 rings (SSSR count). The summed E-state index contributed by atoms with van der Waals surface area (Å²) in [7, 11) is 0. The summed E-state index contributed by atoms with van der Waals surface area (Å²) in [4.78, 5) is 4.08. The van der Waals surface area contributed by atoms with Gasteiger partial charge in [-0.2, -0.15) is 0 Å². The largest absolute Gasteiger partial charge is 0.448 e. The Balaban J connectivity index is 2.39. The van der Waals surface area contributed by atoms with Crippen LogP contribution in [0.2, 0.25) is 0 Å². The summed E-state index contributed by atoms with van der Waals surface area (Å²) in [5.74, 6) is 1.84. The Morgan fingerprint density at radius 3 is 3.33 bits per heavy atom. The SMILES string of the molecule is CC1Cc2ncoc2C1. The molecule has 1 aromatic rings. The van der Waals surface area contributed by atoms with E-state index in [0.29, 0.717) is 0 Å². The van der Waals surface area contributed by atoms with Gasteiger partial charge in [-0.1, -0.05) is 6.92 Å². The van der Waals surface area contributed by atoms with Crippen molar-refractivity contribution in [2.45, 2.75) is 19.8 Å². The van der Waals surface area contributed by atoms with Gasteiger partial charge in [-0.25, -0.2) is 4.98 Å². The summed E-state index contributed by atoms with van der Waals surface area (Å²) >= 11 is 0. The number of rotatable bonds is 0. The Bertz CT molecular complexity index is 196. The third kappa shape index (κ3) is 0.661. The lowest BCUT2D eigenvalue weighted by Gasteiger charge is -1.93. The molecule has 1 aromatic heterocycles. The van der Waals surface area contributed by atoms with Gasteiger partial charge in [0.05, 0.1) is 5.69 Å². The fraction of sp³-hybridized carbons (Fsp3) is 0.571. The predicted octanol–water partition coefficient (Wildman–Crippen LogP) is 1.41. The second-order valence-corrected chi connectivity index (χ2v) is 2.74. The zero-order valence-corrected chi connectivity index (χ0v) is 5.42. The standard InChI is InChI=1S/C7H9NO/c1-5-2-6-7(3-5)9-4-8-6/h4-5H,2-3H2,1H3. The molecule has 0 N–H and O–H groups in total. The summed E-state index contributed by atoms with van der Waals surface area (Å²) < 4.78 is 5.14. The minimum Gasteiger partial charge on any atom is -0.448 e. The van der Waals surface area contributed by atoms with Crippen LogP contribution in [-0.4, -0.2) is 4.98 Å². The molecule has 1 aliphatic carbocycles. The van der Waals surface area contributed by atoms with Gasteiger partial charge in [-0.3, -0.25) is 0 Å². The minimum atomic E-state index is 0.743. The Hall–Kier alpha value is -0.790. The van der Waals surface area contributed by atoms with Gasteiger partial charge in [-0.05, 0) is 12.3 Å². The molecule has 0 fully saturated rings. The van der Waals surface area contributed by atoms with E-state index in [2.05, 4.69) is 11.9 Å². The summed E-state index contributed by atoms with van der Waals surface area (Å²) in [6, 6.07) is 0. The lowest BCUT2D eigenvalue weighted by atomic mass is 10.1. The van der Waals surface area contributed by atoms with Crippen LogP contribution in [0.4, 0.5) is 0 Å². The average Bonchev–Trinajstić information content (AvgIpc) is 2.22. The highest BCUT2D eigenvalue weighted by atomic mass is 16.3. The zero-order valence-electron chi connectivity index (χ0n) is 5.42. The topological polar surface area (TPSA) is 26.0 Å². The monoisotopic (exact) mass is 123 g/mol. The first-order valence-corrected chi connectivity index (χ1v) is 3.27. The van der Waals surface area contributed by atoms with Crippen LogP contribution in [0.25, 0.3) is 0 Å². The molecule has 0 radical (unpaired) electrons. The fourth-order valence-corrected chi connectivity index (χ4v) is 1.34. The van der Waals surface area contributed by atoms with E-state index in [0.717, 1.165) is 24.5 Å². The highest BCUT2D eigenvalue weighted by molar-refractivity contribution is 5.14. The normalized spacial score (nSPS) is 24.3. The molecule has 1 heterocycles. The van der Waals surface area contributed by atoms with Gasteiger partial charge < -0.3 is 4.42 Å². The molecular formula is C7H9NO. The second kappa shape index (κ2) is 1.59. The highest BCUT2D eigenvalue weighted by Crippen LogP contribution is 2.24. The molecule has 48 valence electrons. The molecule has 1 atom stereocenters. The van der Waals surface area contributed by atoms with Gasteiger partial charge in [0.1, 0.15) is 5.76 Å². The quantitative estimate of drug-likeness (QED) is 0.521. The van der Waals surface area contributed by atoms with Gasteiger partial charge >= 0.3 is 0 Å². The van der Waals surface area contributed by atoms with E-state index in [1.54, 1.807) is 0 Å². The number of hydrogen-bond acceptors (Lipinski definition) is 2. The Labute approximate surface area is 53.9 Å². The molecule has 2 nitrogen and oxygen atoms in total. The Kier molecular flexibility index (Phi) is 0.891. The average molecular weight is 123 g/mol. The predicted molar refractivity (Wildman–Crippen MR) is 33.1 cm³/mol. The maximum atomic E-state index is 5.14. The Morgan fingerprint density at radius 2 is 2.56 bits per heavy atom. The highest BCUT2D eigenvalue weighted by Gasteiger charge is 2.21. The number of hydrogen-bond donors (Lipinski definition) is 0. The molecule has 2 heteroatoms. The molecule has 0 amide bonds. The lowest BCUT2D eigenvalue weighted by molar-refractivity contribution is 0.479. The van der Waals surface area contributed by atoms with Crippen molar-refractivity contribution >= 4 is 0 Å². The van der Waals surface area contributed by atoms with Crippen LogP contribution in [0, 0.1) is 5.92 Å². The van der Waals surface area contributed by atoms with Gasteiger partial charge in [0.25, 0.3) is 0 Å². The van der Waals surface area contributed by atoms with Crippen LogP contribution in [0.1, 0.15) is 18.4 Å². The first kappa shape index (κ1) is 5.03. The van der Waals surface area contributed by atoms with Crippen molar-refractivity contribution < 1.29 is 4.42 Å². The number of fused-ring (bicyclic) bond motifs is 1. The van der Waals surface area contributed by atoms with Gasteiger partial charge in [0, 0.05) is 6.42 Å². The summed E-state index contributed by atoms with van der Waals surface area (Å²) in [5.41, 5.74) is 1.17. The molecule has 1 unspecified atom stereocenters. The first-order chi connectivity index (χ1) is 4.36. The molecule has 0 saturated carbocycles. The van der Waals surface area contributed by atoms with Gasteiger partial charge in [0.2, 0.25) is 0 Å². The van der Waals surface area contributed by atoms with E-state index in [-0.39, 0.29) is 0 Å². The van der Waals surface area contributed by atoms with E-state index in [1.807, 2.05) is 0 Å². The molecular weight excluding hydrogens is 114 g/mol. The van der Waals surface area contributed by atoms with E-state index in [4.69, 9.17) is 4.42 Å². The van der Waals surface area contributed by atoms with Crippen LogP contribution in [0.5, 0.6) is 0 Å². The van der Waals surface area contributed by atoms with E-state index >= 15 is 0 Å². The molecule has 0 saturated heterocycles. The molecule has 0 spiro atoms. The van der Waals surface area contributed by atoms with Crippen molar-refractivity contribution in [1.82, 2.24) is 4.98 Å². The summed E-state index contributed by atoms with van der Waals surface area (Å²) in [6.07, 6.45) is 3.72. The van der Waals surface area contributed by atoms with E-state index < -0.39 is 0 Å². The first-order valence-electron chi connectivity index (χ1n) is 3.27. The van der Waals surface area contributed by atoms with Crippen molar-refractivity contribution in [3.05, 3.63) is 17.8 Å². The Morgan fingerprint density at radius 1 is 1.67 bits per heavy atom. The van der Waals surface area contributed by atoms with Crippen LogP contribution < -0.4 is 0 Å². The minimum absolute atomic E-state index is 0.743. The zero-order chi connectivity index (χ0) is 6.27. The molecule has 0 bridgehead atoms. The van der Waals surface area contributed by atoms with Crippen LogP contribution in [0.15, 0.2) is 10.8 Å². The molecule has 0 aromatic carbocycles. The molecule has 1 aliphatic rings. The summed E-state index contributed by atoms with van der Waals surface area (Å²) in [5, 5.41) is 0. The smallest absolute Gasteiger partial charge is 0.181 e. The van der Waals surface area contributed by atoms with Gasteiger partial charge in [-0.15, -0.1) is 0 Å². The van der Waals surface area contributed by atoms with Crippen molar-refractivity contribution in [1.29, 1.82) is 0 Å². The number of nitrogens with zero attached hydrogens (tertiary/aromatic N) is 1. The molecule has 9 heavy (non-hydrogen) atoms. The van der Waals surface area contributed by atoms with E-state index in [1.165, 1.54) is 12.1 Å². The summed E-state index contributed by atoms with van der Waals surface area (Å²) in [6.45, 7) is 2.22. The van der Waals surface area contributed by atoms with Crippen LogP contribution >= 0.6 is 0 Å². The van der Waals surface area contributed by atoms with Crippen molar-refractivity contribution in [2.24, 2.45) is 5.92 Å². The number of aromatic nitrogens is 1. The molecule has 0 aliphatic heterocycles. The van der Waals surface area contributed by atoms with Crippen molar-refractivity contribution in [2.75, 3.05) is 0 Å². The maximum Gasteiger partial charge on any atom is 0.181 e. The van der Waals surface area contributed by atoms with Crippen molar-refractivity contribution in [3.63, 3.8) is 0 Å². The van der Waals surface area contributed by atoms with Crippen LogP contribution in [-0.2, 0) is 12.8 Å². The number of oxazole rings is 1. The third-order valence-corrected chi connectivity index (χ3v) is 1.80. The van der Waals surface area contributed by atoms with E-state index in [9.17, 15) is 0 Å². The van der Waals surface area contributed by atoms with Crippen LogP contribution in [0.3, 0.4) is 0 Å². The van der Waals surface area contributed by atoms with Crippen molar-refractivity contribution in [3.8, 4) is 0 Å². The maximum absolute atomic E-state index is 5.14. The second-order valence-electron chi connectivity index (χ2n) is 2.74.